The highest BCUT2D eigenvalue weighted by Gasteiger charge is 2.50. The third kappa shape index (κ3) is 3.11. The van der Waals surface area contributed by atoms with Crippen LogP contribution in [0.3, 0.4) is 0 Å². The van der Waals surface area contributed by atoms with Crippen LogP contribution in [0, 0.1) is 5.82 Å². The van der Waals surface area contributed by atoms with Crippen molar-refractivity contribution in [2.45, 2.75) is 12.5 Å². The largest absolute Gasteiger partial charge is 0.294 e. The lowest BCUT2D eigenvalue weighted by molar-refractivity contribution is -0.130. The number of hydrogen-bond donors (Lipinski definition) is 0. The summed E-state index contributed by atoms with van der Waals surface area (Å²) in [5, 5.41) is -0.612. The first-order valence-electron chi connectivity index (χ1n) is 8.40. The summed E-state index contributed by atoms with van der Waals surface area (Å²) in [6.45, 7) is 0. The van der Waals surface area contributed by atoms with Crippen LogP contribution in [0.15, 0.2) is 59.5 Å². The number of hydrogen-bond acceptors (Lipinski definition) is 5. The van der Waals surface area contributed by atoms with E-state index < -0.39 is 34.8 Å². The van der Waals surface area contributed by atoms with Crippen LogP contribution in [0.25, 0.3) is 6.08 Å². The van der Waals surface area contributed by atoms with Crippen molar-refractivity contribution >= 4 is 46.5 Å². The van der Waals surface area contributed by atoms with Gasteiger partial charge in [0.05, 0.1) is 17.0 Å². The highest BCUT2D eigenvalue weighted by atomic mass is 32.2. The number of halogens is 1. The molecule has 6 nitrogen and oxygen atoms in total. The van der Waals surface area contributed by atoms with Gasteiger partial charge in [-0.2, -0.15) is 0 Å². The number of carbonyl (C=O) groups is 4. The Bertz CT molecular complexity index is 1020. The second kappa shape index (κ2) is 7.05. The molecular formula is C20H13FN2O4S. The van der Waals surface area contributed by atoms with Gasteiger partial charge in [-0.05, 0) is 47.7 Å². The van der Waals surface area contributed by atoms with Crippen LogP contribution in [0.4, 0.5) is 14.9 Å². The first-order chi connectivity index (χ1) is 13.5. The maximum Gasteiger partial charge on any atom is 0.294 e. The molecule has 0 unspecified atom stereocenters. The molecule has 0 aromatic heterocycles. The summed E-state index contributed by atoms with van der Waals surface area (Å²) >= 11 is 0.691. The number of thioether (sulfide) groups is 1. The molecule has 2 aromatic rings. The Morgan fingerprint density at radius 1 is 0.964 bits per heavy atom. The van der Waals surface area contributed by atoms with Gasteiger partial charge in [0.25, 0.3) is 17.1 Å². The predicted octanol–water partition coefficient (Wildman–Crippen LogP) is 3.19. The van der Waals surface area contributed by atoms with Crippen molar-refractivity contribution in [3.05, 3.63) is 70.9 Å². The molecule has 2 aliphatic heterocycles. The molecule has 0 radical (unpaired) electrons. The quantitative estimate of drug-likeness (QED) is 0.588. The summed E-state index contributed by atoms with van der Waals surface area (Å²) in [4.78, 5) is 52.2. The van der Waals surface area contributed by atoms with E-state index in [0.717, 1.165) is 9.80 Å². The Kier molecular flexibility index (Phi) is 4.56. The summed E-state index contributed by atoms with van der Waals surface area (Å²) in [6, 6.07) is 12.6. The van der Waals surface area contributed by atoms with Gasteiger partial charge in [-0.1, -0.05) is 30.3 Å². The lowest BCUT2D eigenvalue weighted by atomic mass is 10.2. The fourth-order valence-electron chi connectivity index (χ4n) is 3.12. The topological polar surface area (TPSA) is 74.8 Å². The zero-order chi connectivity index (χ0) is 19.8. The number of benzene rings is 2. The Labute approximate surface area is 163 Å². The molecule has 2 aliphatic rings. The number of amides is 4. The Balaban J connectivity index is 1.60. The molecule has 4 amide bonds. The molecule has 140 valence electrons. The van der Waals surface area contributed by atoms with Gasteiger partial charge in [0.15, 0.2) is 0 Å². The van der Waals surface area contributed by atoms with Gasteiger partial charge in [-0.3, -0.25) is 24.1 Å². The van der Waals surface area contributed by atoms with Crippen molar-refractivity contribution in [2.75, 3.05) is 4.90 Å². The molecule has 4 rings (SSSR count). The molecular weight excluding hydrogens is 383 g/mol. The summed E-state index contributed by atoms with van der Waals surface area (Å²) in [6.07, 6.45) is 1.20. The maximum absolute atomic E-state index is 13.0. The van der Waals surface area contributed by atoms with E-state index in [2.05, 4.69) is 0 Å². The minimum Gasteiger partial charge on any atom is -0.274 e. The fraction of sp³-hybridized carbons (Fsp3) is 0.100. The lowest BCUT2D eigenvalue weighted by Gasteiger charge is -2.19. The molecule has 0 aliphatic carbocycles. The van der Waals surface area contributed by atoms with Gasteiger partial charge in [-0.15, -0.1) is 0 Å². The van der Waals surface area contributed by atoms with E-state index in [0.29, 0.717) is 23.0 Å². The Morgan fingerprint density at radius 3 is 2.32 bits per heavy atom. The molecule has 2 saturated heterocycles. The van der Waals surface area contributed by atoms with E-state index in [1.54, 1.807) is 30.3 Å². The molecule has 2 heterocycles. The average molecular weight is 396 g/mol. The van der Waals surface area contributed by atoms with Gasteiger partial charge in [0, 0.05) is 0 Å². The fourth-order valence-corrected chi connectivity index (χ4v) is 4.00. The van der Waals surface area contributed by atoms with Crippen molar-refractivity contribution < 1.29 is 23.6 Å². The van der Waals surface area contributed by atoms with Crippen molar-refractivity contribution in [1.82, 2.24) is 4.90 Å². The standard InChI is InChI=1S/C20H13FN2O4S/c21-13-8-6-12(7-9-13)10-16-19(26)23(20(27)28-16)15-11-17(24)22(18(15)25)14-4-2-1-3-5-14/h1-10,15H,11H2/b16-10+/t15-/m1/s1. The number of nitrogens with zero attached hydrogens (tertiary/aromatic N) is 2. The highest BCUT2D eigenvalue weighted by Crippen LogP contribution is 2.37. The average Bonchev–Trinajstić information content (AvgIpc) is 3.12. The van der Waals surface area contributed by atoms with Crippen molar-refractivity contribution in [3.63, 3.8) is 0 Å². The van der Waals surface area contributed by atoms with E-state index in [1.165, 1.54) is 30.3 Å². The Hall–Kier alpha value is -3.26. The third-order valence-corrected chi connectivity index (χ3v) is 5.32. The second-order valence-corrected chi connectivity index (χ2v) is 7.22. The van der Waals surface area contributed by atoms with Gasteiger partial charge in [0.1, 0.15) is 11.9 Å². The van der Waals surface area contributed by atoms with E-state index in [4.69, 9.17) is 0 Å². The number of anilines is 1. The summed E-state index contributed by atoms with van der Waals surface area (Å²) < 4.78 is 13.0. The monoisotopic (exact) mass is 396 g/mol. The van der Waals surface area contributed by atoms with Gasteiger partial charge < -0.3 is 0 Å². The van der Waals surface area contributed by atoms with Crippen LogP contribution in [-0.4, -0.2) is 33.9 Å². The van der Waals surface area contributed by atoms with Crippen molar-refractivity contribution in [1.29, 1.82) is 0 Å². The van der Waals surface area contributed by atoms with Crippen LogP contribution in [0.1, 0.15) is 12.0 Å². The molecule has 2 fully saturated rings. The Morgan fingerprint density at radius 2 is 1.64 bits per heavy atom. The SMILES string of the molecule is O=C1C[C@@H](N2C(=O)S/C(=C/c3ccc(F)cc3)C2=O)C(=O)N1c1ccccc1. The van der Waals surface area contributed by atoms with Gasteiger partial charge in [-0.25, -0.2) is 9.29 Å². The molecule has 1 atom stereocenters. The van der Waals surface area contributed by atoms with Crippen molar-refractivity contribution in [3.8, 4) is 0 Å². The van der Waals surface area contributed by atoms with Gasteiger partial charge in [0.2, 0.25) is 5.91 Å². The van der Waals surface area contributed by atoms with Crippen LogP contribution >= 0.6 is 11.8 Å². The van der Waals surface area contributed by atoms with Crippen molar-refractivity contribution in [2.24, 2.45) is 0 Å². The molecule has 0 bridgehead atoms. The molecule has 0 spiro atoms. The van der Waals surface area contributed by atoms with Crippen LogP contribution < -0.4 is 4.90 Å². The molecule has 8 heteroatoms. The predicted molar refractivity (Wildman–Crippen MR) is 102 cm³/mol. The van der Waals surface area contributed by atoms with E-state index in [9.17, 15) is 23.6 Å². The second-order valence-electron chi connectivity index (χ2n) is 6.23. The zero-order valence-corrected chi connectivity index (χ0v) is 15.2. The lowest BCUT2D eigenvalue weighted by Crippen LogP contribution is -2.44. The van der Waals surface area contributed by atoms with Crippen LogP contribution in [-0.2, 0) is 14.4 Å². The minimum atomic E-state index is -1.17. The first kappa shape index (κ1) is 18.1. The zero-order valence-electron chi connectivity index (χ0n) is 14.4. The number of para-hydroxylation sites is 1. The molecule has 0 N–H and O–H groups in total. The highest BCUT2D eigenvalue weighted by molar-refractivity contribution is 8.18. The molecule has 28 heavy (non-hydrogen) atoms. The van der Waals surface area contributed by atoms with E-state index >= 15 is 0 Å². The number of rotatable bonds is 3. The third-order valence-electron chi connectivity index (χ3n) is 4.44. The number of carbonyl (C=O) groups excluding carboxylic acids is 4. The molecule has 2 aromatic carbocycles. The normalized spacial score (nSPS) is 21.3. The first-order valence-corrected chi connectivity index (χ1v) is 9.22. The maximum atomic E-state index is 13.0. The number of imide groups is 2. The van der Waals surface area contributed by atoms with E-state index in [1.807, 2.05) is 0 Å². The molecule has 0 saturated carbocycles. The van der Waals surface area contributed by atoms with Crippen LogP contribution in [0.5, 0.6) is 0 Å². The smallest absolute Gasteiger partial charge is 0.274 e. The summed E-state index contributed by atoms with van der Waals surface area (Å²) in [7, 11) is 0. The summed E-state index contributed by atoms with van der Waals surface area (Å²) in [5.41, 5.74) is 0.945. The van der Waals surface area contributed by atoms with E-state index in [-0.39, 0.29) is 11.3 Å². The van der Waals surface area contributed by atoms with Gasteiger partial charge >= 0.3 is 0 Å². The summed E-state index contributed by atoms with van der Waals surface area (Å²) in [5.74, 6) is -2.13. The minimum absolute atomic E-state index is 0.120. The van der Waals surface area contributed by atoms with Crippen LogP contribution in [0.2, 0.25) is 0 Å².